The number of rotatable bonds is 4. The van der Waals surface area contributed by atoms with E-state index in [1.165, 1.54) is 19.3 Å². The number of H-pyrrole nitrogens is 1. The summed E-state index contributed by atoms with van der Waals surface area (Å²) in [5.74, 6) is 0.762. The second-order valence-electron chi connectivity index (χ2n) is 5.10. The van der Waals surface area contributed by atoms with E-state index in [1.807, 2.05) is 6.92 Å². The molecule has 0 unspecified atom stereocenters. The number of aromatic nitrogens is 2. The van der Waals surface area contributed by atoms with E-state index < -0.39 is 0 Å². The lowest BCUT2D eigenvalue weighted by Crippen LogP contribution is -2.33. The van der Waals surface area contributed by atoms with Crippen LogP contribution < -0.4 is 10.5 Å². The van der Waals surface area contributed by atoms with Gasteiger partial charge in [-0.3, -0.25) is 9.78 Å². The van der Waals surface area contributed by atoms with E-state index in [1.54, 1.807) is 0 Å². The molecule has 0 spiro atoms. The van der Waals surface area contributed by atoms with Crippen molar-refractivity contribution in [3.63, 3.8) is 0 Å². The van der Waals surface area contributed by atoms with Crippen LogP contribution in [0.5, 0.6) is 0 Å². The number of unbranched alkanes of at least 4 members (excludes halogenated alkanes) is 1. The van der Waals surface area contributed by atoms with Gasteiger partial charge in [-0.15, -0.1) is 0 Å². The lowest BCUT2D eigenvalue weighted by molar-refractivity contribution is 0.566. The smallest absolute Gasteiger partial charge is 0.255 e. The zero-order valence-electron chi connectivity index (χ0n) is 11.5. The van der Waals surface area contributed by atoms with Gasteiger partial charge in [0.2, 0.25) is 5.95 Å². The number of aromatic amines is 1. The molecule has 2 heterocycles. The molecule has 1 aliphatic rings. The van der Waals surface area contributed by atoms with E-state index in [0.717, 1.165) is 49.6 Å². The molecule has 0 atom stereocenters. The van der Waals surface area contributed by atoms with Crippen molar-refractivity contribution in [2.24, 2.45) is 0 Å². The summed E-state index contributed by atoms with van der Waals surface area (Å²) in [6.07, 6.45) is 6.67. The van der Waals surface area contributed by atoms with Gasteiger partial charge in [0.25, 0.3) is 5.56 Å². The number of nitrogens with zero attached hydrogens (tertiary/aromatic N) is 2. The largest absolute Gasteiger partial charge is 0.342 e. The summed E-state index contributed by atoms with van der Waals surface area (Å²) >= 11 is 0. The van der Waals surface area contributed by atoms with Crippen molar-refractivity contribution < 1.29 is 0 Å². The van der Waals surface area contributed by atoms with Crippen LogP contribution in [-0.2, 0) is 6.42 Å². The molecule has 1 saturated heterocycles. The fraction of sp³-hybridized carbons (Fsp3) is 0.714. The minimum absolute atomic E-state index is 0.0523. The zero-order chi connectivity index (χ0) is 13.0. The van der Waals surface area contributed by atoms with Gasteiger partial charge in [0.1, 0.15) is 0 Å². The molecule has 0 aromatic carbocycles. The lowest BCUT2D eigenvalue weighted by Gasteiger charge is -2.27. The quantitative estimate of drug-likeness (QED) is 0.891. The Kier molecular flexibility index (Phi) is 4.39. The molecular weight excluding hydrogens is 226 g/mol. The van der Waals surface area contributed by atoms with Crippen LogP contribution in [0.1, 0.15) is 50.3 Å². The highest BCUT2D eigenvalue weighted by Gasteiger charge is 2.15. The van der Waals surface area contributed by atoms with Crippen LogP contribution in [0.15, 0.2) is 4.79 Å². The van der Waals surface area contributed by atoms with E-state index in [4.69, 9.17) is 0 Å². The van der Waals surface area contributed by atoms with E-state index in [0.29, 0.717) is 0 Å². The molecule has 0 bridgehead atoms. The second kappa shape index (κ2) is 6.03. The monoisotopic (exact) mass is 249 g/mol. The summed E-state index contributed by atoms with van der Waals surface area (Å²) in [6, 6.07) is 0. The van der Waals surface area contributed by atoms with Gasteiger partial charge >= 0.3 is 0 Å². The molecule has 1 aliphatic heterocycles. The fourth-order valence-electron chi connectivity index (χ4n) is 2.50. The predicted octanol–water partition coefficient (Wildman–Crippen LogP) is 2.41. The second-order valence-corrected chi connectivity index (χ2v) is 5.10. The van der Waals surface area contributed by atoms with Gasteiger partial charge in [0.15, 0.2) is 0 Å². The number of piperidine rings is 1. The third kappa shape index (κ3) is 2.92. The Hall–Kier alpha value is -1.32. The zero-order valence-corrected chi connectivity index (χ0v) is 11.5. The van der Waals surface area contributed by atoms with E-state index in [9.17, 15) is 4.79 Å². The van der Waals surface area contributed by atoms with Gasteiger partial charge < -0.3 is 4.90 Å². The van der Waals surface area contributed by atoms with Gasteiger partial charge in [0.05, 0.1) is 0 Å². The molecular formula is C14H23N3O. The number of nitrogens with one attached hydrogen (secondary N) is 1. The molecule has 0 aliphatic carbocycles. The summed E-state index contributed by atoms with van der Waals surface area (Å²) in [6.45, 7) is 6.11. The molecule has 0 amide bonds. The van der Waals surface area contributed by atoms with Crippen LogP contribution in [0, 0.1) is 6.92 Å². The Morgan fingerprint density at radius 1 is 1.28 bits per heavy atom. The molecule has 18 heavy (non-hydrogen) atoms. The summed E-state index contributed by atoms with van der Waals surface area (Å²) in [5, 5.41) is 0. The number of aryl methyl sites for hydroxylation is 1. The standard InChI is InChI=1S/C14H23N3O/c1-3-4-8-12-11(2)15-14(16-13(12)18)17-9-6-5-7-10-17/h3-10H2,1-2H3,(H,15,16,18). The first-order valence-corrected chi connectivity index (χ1v) is 7.07. The van der Waals surface area contributed by atoms with Gasteiger partial charge in [-0.25, -0.2) is 4.98 Å². The van der Waals surface area contributed by atoms with Crippen LogP contribution >= 0.6 is 0 Å². The van der Waals surface area contributed by atoms with E-state index in [-0.39, 0.29) is 5.56 Å². The van der Waals surface area contributed by atoms with Crippen LogP contribution in [0.4, 0.5) is 5.95 Å². The van der Waals surface area contributed by atoms with Crippen LogP contribution in [-0.4, -0.2) is 23.1 Å². The van der Waals surface area contributed by atoms with Gasteiger partial charge in [-0.2, -0.15) is 0 Å². The van der Waals surface area contributed by atoms with E-state index in [2.05, 4.69) is 21.8 Å². The van der Waals surface area contributed by atoms with Crippen molar-refractivity contribution in [2.75, 3.05) is 18.0 Å². The maximum Gasteiger partial charge on any atom is 0.255 e. The number of anilines is 1. The average molecular weight is 249 g/mol. The Bertz CT molecular complexity index is 447. The number of hydrogen-bond donors (Lipinski definition) is 1. The van der Waals surface area contributed by atoms with Crippen molar-refractivity contribution >= 4 is 5.95 Å². The lowest BCUT2D eigenvalue weighted by atomic mass is 10.1. The first kappa shape index (κ1) is 13.1. The van der Waals surface area contributed by atoms with Crippen molar-refractivity contribution in [3.8, 4) is 0 Å². The number of hydrogen-bond acceptors (Lipinski definition) is 3. The SMILES string of the molecule is CCCCc1c(C)nc(N2CCCCC2)[nH]c1=O. The molecule has 2 rings (SSSR count). The van der Waals surface area contributed by atoms with Crippen LogP contribution in [0.25, 0.3) is 0 Å². The molecule has 4 nitrogen and oxygen atoms in total. The summed E-state index contributed by atoms with van der Waals surface area (Å²) < 4.78 is 0. The Morgan fingerprint density at radius 3 is 2.61 bits per heavy atom. The normalized spacial score (nSPS) is 16.0. The predicted molar refractivity (Wildman–Crippen MR) is 74.3 cm³/mol. The maximum atomic E-state index is 12.1. The summed E-state index contributed by atoms with van der Waals surface area (Å²) in [5.41, 5.74) is 1.81. The molecule has 1 aromatic heterocycles. The van der Waals surface area contributed by atoms with Crippen molar-refractivity contribution in [3.05, 3.63) is 21.6 Å². The highest BCUT2D eigenvalue weighted by atomic mass is 16.1. The summed E-state index contributed by atoms with van der Waals surface area (Å²) in [7, 11) is 0. The molecule has 0 radical (unpaired) electrons. The van der Waals surface area contributed by atoms with Gasteiger partial charge in [0, 0.05) is 24.3 Å². The Labute approximate surface area is 108 Å². The average Bonchev–Trinajstić information content (AvgIpc) is 2.39. The first-order valence-electron chi connectivity index (χ1n) is 7.07. The molecule has 1 fully saturated rings. The first-order chi connectivity index (χ1) is 8.72. The highest BCUT2D eigenvalue weighted by molar-refractivity contribution is 5.33. The van der Waals surface area contributed by atoms with Gasteiger partial charge in [-0.1, -0.05) is 13.3 Å². The van der Waals surface area contributed by atoms with Crippen molar-refractivity contribution in [1.29, 1.82) is 0 Å². The van der Waals surface area contributed by atoms with E-state index >= 15 is 0 Å². The highest BCUT2D eigenvalue weighted by Crippen LogP contribution is 2.15. The molecule has 1 aromatic rings. The molecule has 0 saturated carbocycles. The molecule has 100 valence electrons. The summed E-state index contributed by atoms with van der Waals surface area (Å²) in [4.78, 5) is 21.8. The molecule has 4 heteroatoms. The van der Waals surface area contributed by atoms with Gasteiger partial charge in [-0.05, 0) is 39.0 Å². The van der Waals surface area contributed by atoms with Crippen LogP contribution in [0.2, 0.25) is 0 Å². The third-order valence-electron chi connectivity index (χ3n) is 3.65. The maximum absolute atomic E-state index is 12.1. The molecule has 1 N–H and O–H groups in total. The fourth-order valence-corrected chi connectivity index (χ4v) is 2.50. The Morgan fingerprint density at radius 2 is 2.00 bits per heavy atom. The third-order valence-corrected chi connectivity index (χ3v) is 3.65. The Balaban J connectivity index is 2.21. The minimum atomic E-state index is 0.0523. The topological polar surface area (TPSA) is 49.0 Å². The minimum Gasteiger partial charge on any atom is -0.342 e. The van der Waals surface area contributed by atoms with Crippen molar-refractivity contribution in [1.82, 2.24) is 9.97 Å². The van der Waals surface area contributed by atoms with Crippen molar-refractivity contribution in [2.45, 2.75) is 52.4 Å². The van der Waals surface area contributed by atoms with Crippen LogP contribution in [0.3, 0.4) is 0 Å².